The van der Waals surface area contributed by atoms with Gasteiger partial charge in [0.1, 0.15) is 6.04 Å². The van der Waals surface area contributed by atoms with Gasteiger partial charge in [-0.1, -0.05) is 30.3 Å². The highest BCUT2D eigenvalue weighted by Gasteiger charge is 2.39. The first-order valence-corrected chi connectivity index (χ1v) is 9.99. The van der Waals surface area contributed by atoms with Crippen molar-refractivity contribution >= 4 is 40.7 Å². The monoisotopic (exact) mass is 433 g/mol. The number of H-pyrrole nitrogens is 1. The van der Waals surface area contributed by atoms with E-state index in [9.17, 15) is 24.6 Å². The van der Waals surface area contributed by atoms with Gasteiger partial charge in [0.05, 0.1) is 30.1 Å². The third-order valence-corrected chi connectivity index (χ3v) is 5.70. The first-order valence-electron chi connectivity index (χ1n) is 9.99. The average Bonchev–Trinajstić information content (AvgIpc) is 3.30. The highest BCUT2D eigenvalue weighted by molar-refractivity contribution is 6.18. The number of aliphatic hydroxyl groups is 1. The fraction of sp³-hybridized carbons (Fsp3) is 0.182. The first kappa shape index (κ1) is 19.8. The molecule has 10 nitrogen and oxygen atoms in total. The summed E-state index contributed by atoms with van der Waals surface area (Å²) in [6.45, 7) is -0.127. The summed E-state index contributed by atoms with van der Waals surface area (Å²) in [7, 11) is 0. The molecule has 2 atom stereocenters. The lowest BCUT2D eigenvalue weighted by atomic mass is 10.0. The molecule has 3 aromatic rings. The second-order valence-corrected chi connectivity index (χ2v) is 7.75. The minimum absolute atomic E-state index is 0.00632. The van der Waals surface area contributed by atoms with Crippen LogP contribution in [0.15, 0.2) is 47.6 Å². The molecule has 3 amide bonds. The van der Waals surface area contributed by atoms with Gasteiger partial charge in [-0.15, -0.1) is 0 Å². The molecule has 0 spiro atoms. The molecule has 0 radical (unpaired) electrons. The molecule has 5 rings (SSSR count). The fourth-order valence-electron chi connectivity index (χ4n) is 4.29. The molecule has 2 aliphatic heterocycles. The quantitative estimate of drug-likeness (QED) is 0.428. The minimum Gasteiger partial charge on any atom is -0.465 e. The van der Waals surface area contributed by atoms with Crippen LogP contribution < -0.4 is 10.7 Å². The molecular weight excluding hydrogens is 414 g/mol. The third-order valence-electron chi connectivity index (χ3n) is 5.70. The number of hydrogen-bond donors (Lipinski definition) is 5. The van der Waals surface area contributed by atoms with E-state index in [2.05, 4.69) is 20.8 Å². The molecule has 1 aromatic heterocycles. The Bertz CT molecular complexity index is 1280. The van der Waals surface area contributed by atoms with Crippen LogP contribution in [-0.2, 0) is 4.79 Å². The predicted molar refractivity (Wildman–Crippen MR) is 117 cm³/mol. The van der Waals surface area contributed by atoms with Crippen molar-refractivity contribution in [2.45, 2.75) is 18.6 Å². The van der Waals surface area contributed by atoms with Crippen molar-refractivity contribution in [2.75, 3.05) is 11.9 Å². The number of carbonyl (C=O) groups is 3. The summed E-state index contributed by atoms with van der Waals surface area (Å²) < 4.78 is 0. The number of likely N-dealkylation sites (tertiary alicyclic amines) is 1. The number of aliphatic hydroxyl groups excluding tert-OH is 1. The Hall–Kier alpha value is -4.18. The van der Waals surface area contributed by atoms with Crippen molar-refractivity contribution < 1.29 is 24.6 Å². The molecule has 10 heteroatoms. The van der Waals surface area contributed by atoms with Gasteiger partial charge in [0.2, 0.25) is 5.91 Å². The van der Waals surface area contributed by atoms with E-state index in [1.54, 1.807) is 12.3 Å². The Balaban J connectivity index is 1.56. The summed E-state index contributed by atoms with van der Waals surface area (Å²) >= 11 is 0. The number of rotatable bonds is 3. The average molecular weight is 433 g/mol. The number of hydrogen-bond acceptors (Lipinski definition) is 5. The number of aromatic amines is 1. The number of hydrazone groups is 1. The molecule has 32 heavy (non-hydrogen) atoms. The molecular formula is C22H19N5O5. The molecule has 2 aliphatic rings. The second kappa shape index (κ2) is 7.50. The summed E-state index contributed by atoms with van der Waals surface area (Å²) in [5.74, 6) is -1.00. The summed E-state index contributed by atoms with van der Waals surface area (Å²) in [6.07, 6.45) is -0.594. The Kier molecular flexibility index (Phi) is 4.63. The molecule has 2 aromatic carbocycles. The van der Waals surface area contributed by atoms with Gasteiger partial charge < -0.3 is 20.5 Å². The summed E-state index contributed by atoms with van der Waals surface area (Å²) in [5, 5.41) is 26.5. The molecule has 0 aliphatic carbocycles. The normalized spacial score (nSPS) is 19.7. The standard InChI is InChI=1S/C22H19N5O5/c28-13-8-17(27(10-13)22(31)32)21(30)24-12-6-14-18-15(9-23-26-20(14)29)19(25-16(18)7-12)11-4-2-1-3-5-11/h1-7,9,13,17,25,28H,8,10H2,(H,24,30)(H,26,29)(H,31,32)/t13-,17+/m1/s1. The molecule has 3 heterocycles. The Morgan fingerprint density at radius 2 is 1.97 bits per heavy atom. The van der Waals surface area contributed by atoms with Crippen LogP contribution in [0.3, 0.4) is 0 Å². The number of aromatic nitrogens is 1. The first-order chi connectivity index (χ1) is 15.4. The highest BCUT2D eigenvalue weighted by Crippen LogP contribution is 2.34. The van der Waals surface area contributed by atoms with Crippen LogP contribution in [0.25, 0.3) is 22.2 Å². The van der Waals surface area contributed by atoms with E-state index in [-0.39, 0.29) is 13.0 Å². The van der Waals surface area contributed by atoms with Gasteiger partial charge in [-0.05, 0) is 17.7 Å². The molecule has 0 bridgehead atoms. The van der Waals surface area contributed by atoms with E-state index >= 15 is 0 Å². The zero-order valence-electron chi connectivity index (χ0n) is 16.7. The van der Waals surface area contributed by atoms with Crippen LogP contribution in [0.4, 0.5) is 10.5 Å². The summed E-state index contributed by atoms with van der Waals surface area (Å²) in [5.41, 5.74) is 6.17. The van der Waals surface area contributed by atoms with Gasteiger partial charge in [0.15, 0.2) is 0 Å². The van der Waals surface area contributed by atoms with Crippen LogP contribution in [0, 0.1) is 0 Å². The van der Waals surface area contributed by atoms with Gasteiger partial charge in [-0.3, -0.25) is 14.5 Å². The van der Waals surface area contributed by atoms with Crippen LogP contribution in [0.1, 0.15) is 22.3 Å². The molecule has 0 unspecified atom stereocenters. The van der Waals surface area contributed by atoms with E-state index < -0.39 is 30.1 Å². The van der Waals surface area contributed by atoms with Crippen molar-refractivity contribution in [1.29, 1.82) is 0 Å². The molecule has 162 valence electrons. The number of carboxylic acid groups (broad SMARTS) is 1. The van der Waals surface area contributed by atoms with Crippen molar-refractivity contribution in [2.24, 2.45) is 5.10 Å². The van der Waals surface area contributed by atoms with E-state index in [1.807, 2.05) is 30.3 Å². The lowest BCUT2D eigenvalue weighted by Crippen LogP contribution is -2.42. The molecule has 0 saturated carbocycles. The number of benzene rings is 2. The number of anilines is 1. The van der Waals surface area contributed by atoms with Crippen LogP contribution in [-0.4, -0.2) is 62.9 Å². The van der Waals surface area contributed by atoms with Crippen molar-refractivity contribution in [3.05, 3.63) is 53.6 Å². The molecule has 1 fully saturated rings. The van der Waals surface area contributed by atoms with E-state index in [0.717, 1.165) is 21.7 Å². The third kappa shape index (κ3) is 3.26. The van der Waals surface area contributed by atoms with Crippen LogP contribution >= 0.6 is 0 Å². The van der Waals surface area contributed by atoms with Gasteiger partial charge in [-0.25, -0.2) is 10.2 Å². The lowest BCUT2D eigenvalue weighted by Gasteiger charge is -2.20. The van der Waals surface area contributed by atoms with Crippen LogP contribution in [0.5, 0.6) is 0 Å². The molecule has 5 N–H and O–H groups in total. The van der Waals surface area contributed by atoms with Gasteiger partial charge in [0.25, 0.3) is 5.91 Å². The van der Waals surface area contributed by atoms with Crippen molar-refractivity contribution in [1.82, 2.24) is 15.3 Å². The Labute approximate surface area is 181 Å². The predicted octanol–water partition coefficient (Wildman–Crippen LogP) is 1.96. The number of carbonyl (C=O) groups excluding carboxylic acids is 2. The van der Waals surface area contributed by atoms with E-state index in [1.165, 1.54) is 6.07 Å². The maximum atomic E-state index is 12.8. The van der Waals surface area contributed by atoms with Gasteiger partial charge in [-0.2, -0.15) is 5.10 Å². The number of nitrogens with zero attached hydrogens (tertiary/aromatic N) is 2. The zero-order valence-corrected chi connectivity index (χ0v) is 16.7. The topological polar surface area (TPSA) is 147 Å². The van der Waals surface area contributed by atoms with Crippen molar-refractivity contribution in [3.63, 3.8) is 0 Å². The Morgan fingerprint density at radius 3 is 2.72 bits per heavy atom. The maximum Gasteiger partial charge on any atom is 0.408 e. The van der Waals surface area contributed by atoms with Gasteiger partial charge in [0, 0.05) is 28.6 Å². The summed E-state index contributed by atoms with van der Waals surface area (Å²) in [4.78, 5) is 41.1. The smallest absolute Gasteiger partial charge is 0.408 e. The Morgan fingerprint density at radius 1 is 1.19 bits per heavy atom. The number of β-amino-alcohol motifs (C(OH)–C–C–N with tert-alkyl or cyclic N) is 1. The van der Waals surface area contributed by atoms with Gasteiger partial charge >= 0.3 is 6.09 Å². The SMILES string of the molecule is O=C1NN=Cc2c(-c3ccccc3)[nH]c3cc(NC(=O)[C@@H]4C[C@@H](O)CN4C(=O)O)cc1c23. The van der Waals surface area contributed by atoms with E-state index in [4.69, 9.17) is 0 Å². The van der Waals surface area contributed by atoms with Crippen LogP contribution in [0.2, 0.25) is 0 Å². The van der Waals surface area contributed by atoms with E-state index in [0.29, 0.717) is 22.2 Å². The fourth-order valence-corrected chi connectivity index (χ4v) is 4.29. The zero-order chi connectivity index (χ0) is 22.4. The largest absolute Gasteiger partial charge is 0.465 e. The lowest BCUT2D eigenvalue weighted by molar-refractivity contribution is -0.120. The number of nitrogens with one attached hydrogen (secondary N) is 3. The molecule has 1 saturated heterocycles. The second-order valence-electron chi connectivity index (χ2n) is 7.75. The highest BCUT2D eigenvalue weighted by atomic mass is 16.4. The maximum absolute atomic E-state index is 12.8. The number of amides is 3. The summed E-state index contributed by atoms with van der Waals surface area (Å²) in [6, 6.07) is 11.8. The van der Waals surface area contributed by atoms with Crippen molar-refractivity contribution in [3.8, 4) is 11.3 Å². The minimum atomic E-state index is -1.28.